The molecule has 0 bridgehead atoms. The van der Waals surface area contributed by atoms with Gasteiger partial charge in [0.1, 0.15) is 36.9 Å². The number of alkyl halides is 3. The minimum Gasteiger partial charge on any atom is -0.491 e. The summed E-state index contributed by atoms with van der Waals surface area (Å²) in [6.45, 7) is 0.967. The molecule has 13 heteroatoms. The molecule has 2 aromatic rings. The second-order valence-electron chi connectivity index (χ2n) is 7.34. The number of aromatic nitrogens is 2. The smallest absolute Gasteiger partial charge is 0.412 e. The third-order valence-electron chi connectivity index (χ3n) is 5.26. The first kappa shape index (κ1) is 22.0. The van der Waals surface area contributed by atoms with E-state index in [0.29, 0.717) is 21.9 Å². The van der Waals surface area contributed by atoms with Crippen LogP contribution in [0.15, 0.2) is 24.1 Å². The number of carbonyl (C=O) groups excluding carboxylic acids is 2. The first-order valence-electron chi connectivity index (χ1n) is 9.73. The van der Waals surface area contributed by atoms with E-state index in [-0.39, 0.29) is 30.5 Å². The molecular formula is C20H17F3N6O4. The number of benzene rings is 1. The van der Waals surface area contributed by atoms with Crippen LogP contribution in [0.4, 0.5) is 24.7 Å². The Hall–Kier alpha value is -4.17. The van der Waals surface area contributed by atoms with Gasteiger partial charge in [0.15, 0.2) is 23.5 Å². The highest BCUT2D eigenvalue weighted by molar-refractivity contribution is 5.83. The van der Waals surface area contributed by atoms with Crippen LogP contribution in [0.3, 0.4) is 0 Å². The van der Waals surface area contributed by atoms with Gasteiger partial charge in [-0.2, -0.15) is 18.4 Å². The average molecular weight is 462 g/mol. The Morgan fingerprint density at radius 2 is 2.15 bits per heavy atom. The predicted octanol–water partition coefficient (Wildman–Crippen LogP) is 1.54. The third kappa shape index (κ3) is 3.81. The number of ether oxygens (including phenoxy) is 2. The molecular weight excluding hydrogens is 445 g/mol. The molecule has 1 fully saturated rings. The van der Waals surface area contributed by atoms with Crippen molar-refractivity contribution in [2.24, 2.45) is 5.73 Å². The maximum Gasteiger partial charge on any atom is 0.412 e. The normalized spacial score (nSPS) is 18.1. The number of imidazole rings is 1. The van der Waals surface area contributed by atoms with Crippen molar-refractivity contribution in [2.45, 2.75) is 31.7 Å². The molecule has 4 rings (SSSR count). The van der Waals surface area contributed by atoms with Crippen molar-refractivity contribution < 1.29 is 32.2 Å². The first-order chi connectivity index (χ1) is 15.7. The minimum absolute atomic E-state index is 0.0921. The van der Waals surface area contributed by atoms with Crippen LogP contribution in [0.5, 0.6) is 5.75 Å². The monoisotopic (exact) mass is 462 g/mol. The Balaban J connectivity index is 1.82. The van der Waals surface area contributed by atoms with Crippen LogP contribution in [-0.2, 0) is 20.9 Å². The van der Waals surface area contributed by atoms with Crippen molar-refractivity contribution in [3.05, 3.63) is 29.8 Å². The van der Waals surface area contributed by atoms with Gasteiger partial charge in [-0.1, -0.05) is 0 Å². The molecule has 10 nitrogen and oxygen atoms in total. The molecule has 2 aliphatic rings. The Kier molecular flexibility index (Phi) is 5.39. The Morgan fingerprint density at radius 3 is 2.79 bits per heavy atom. The molecule has 0 saturated carbocycles. The lowest BCUT2D eigenvalue weighted by Crippen LogP contribution is -2.43. The van der Waals surface area contributed by atoms with Gasteiger partial charge in [-0.15, -0.1) is 0 Å². The number of nitrogens with zero attached hydrogens (tertiary/aromatic N) is 4. The van der Waals surface area contributed by atoms with Crippen LogP contribution < -0.4 is 20.7 Å². The number of nitrogens with one attached hydrogen (secondary N) is 1. The van der Waals surface area contributed by atoms with Gasteiger partial charge in [-0.05, 0) is 19.1 Å². The lowest BCUT2D eigenvalue weighted by Gasteiger charge is -2.23. The van der Waals surface area contributed by atoms with E-state index < -0.39 is 36.7 Å². The van der Waals surface area contributed by atoms with Gasteiger partial charge < -0.3 is 25.1 Å². The zero-order valence-corrected chi connectivity index (χ0v) is 17.1. The van der Waals surface area contributed by atoms with Crippen LogP contribution >= 0.6 is 0 Å². The number of nitrogens with two attached hydrogens (primary N) is 1. The highest BCUT2D eigenvalue weighted by Gasteiger charge is 2.52. The van der Waals surface area contributed by atoms with Crippen LogP contribution in [0.2, 0.25) is 0 Å². The lowest BCUT2D eigenvalue weighted by atomic mass is 10.1. The van der Waals surface area contributed by atoms with Gasteiger partial charge in [0.2, 0.25) is 5.91 Å². The fraction of sp³-hybridized carbons (Fsp3) is 0.350. The molecule has 0 spiro atoms. The van der Waals surface area contributed by atoms with Crippen molar-refractivity contribution in [1.82, 2.24) is 9.55 Å². The number of hydrogen-bond donors (Lipinski definition) is 2. The van der Waals surface area contributed by atoms with Crippen molar-refractivity contribution >= 4 is 23.4 Å². The fourth-order valence-electron chi connectivity index (χ4n) is 3.63. The number of nitriles is 1. The minimum atomic E-state index is -4.74. The second-order valence-corrected chi connectivity index (χ2v) is 7.34. The van der Waals surface area contributed by atoms with E-state index >= 15 is 0 Å². The molecule has 1 saturated heterocycles. The fourth-order valence-corrected chi connectivity index (χ4v) is 3.63. The van der Waals surface area contributed by atoms with E-state index in [9.17, 15) is 28.0 Å². The molecule has 3 N–H and O–H groups in total. The molecule has 0 aliphatic carbocycles. The summed E-state index contributed by atoms with van der Waals surface area (Å²) in [5, 5.41) is 12.7. The number of primary amides is 1. The number of rotatable bonds is 4. The lowest BCUT2D eigenvalue weighted by molar-refractivity contribution is -0.147. The third-order valence-corrected chi connectivity index (χ3v) is 5.26. The van der Waals surface area contributed by atoms with Crippen molar-refractivity contribution in [3.8, 4) is 23.2 Å². The summed E-state index contributed by atoms with van der Waals surface area (Å²) in [5.74, 6) is 0.262. The van der Waals surface area contributed by atoms with Crippen LogP contribution in [0, 0.1) is 11.3 Å². The molecule has 172 valence electrons. The Labute approximate surface area is 185 Å². The molecule has 0 unspecified atom stereocenters. The highest BCUT2D eigenvalue weighted by Crippen LogP contribution is 2.41. The van der Waals surface area contributed by atoms with Crippen LogP contribution in [0.25, 0.3) is 11.4 Å². The first-order valence-corrected chi connectivity index (χ1v) is 9.73. The summed E-state index contributed by atoms with van der Waals surface area (Å²) in [5.41, 5.74) is 6.02. The van der Waals surface area contributed by atoms with Gasteiger partial charge in [0, 0.05) is 11.8 Å². The van der Waals surface area contributed by atoms with Gasteiger partial charge in [0.05, 0.1) is 12.1 Å². The van der Waals surface area contributed by atoms with Gasteiger partial charge >= 0.3 is 6.18 Å². The Bertz CT molecular complexity index is 1210. The Morgan fingerprint density at radius 1 is 1.39 bits per heavy atom. The summed E-state index contributed by atoms with van der Waals surface area (Å²) in [6, 6.07) is 3.84. The summed E-state index contributed by atoms with van der Waals surface area (Å²) in [4.78, 5) is 27.4. The van der Waals surface area contributed by atoms with E-state index in [2.05, 4.69) is 10.3 Å². The quantitative estimate of drug-likeness (QED) is 0.654. The molecule has 2 atom stereocenters. The molecule has 1 aromatic heterocycles. The molecule has 0 radical (unpaired) electrons. The molecule has 3 heterocycles. The van der Waals surface area contributed by atoms with E-state index in [0.717, 1.165) is 0 Å². The van der Waals surface area contributed by atoms with Crippen LogP contribution in [-0.4, -0.2) is 52.9 Å². The largest absolute Gasteiger partial charge is 0.491 e. The van der Waals surface area contributed by atoms with Gasteiger partial charge in [-0.3, -0.25) is 9.69 Å². The SMILES string of the molecule is C[C@H](Nc1ccc2c(c1)OCCn1c-2nc(N2C(=C=O)OC[C@H]2C(F)(F)F)c1C#N)C(N)=O. The summed E-state index contributed by atoms with van der Waals surface area (Å²) >= 11 is 0. The number of carbonyl (C=O) groups is 1. The van der Waals surface area contributed by atoms with Crippen molar-refractivity contribution in [2.75, 3.05) is 23.4 Å². The maximum atomic E-state index is 13.6. The number of hydrogen-bond acceptors (Lipinski definition) is 8. The van der Waals surface area contributed by atoms with E-state index in [4.69, 9.17) is 15.2 Å². The van der Waals surface area contributed by atoms with Gasteiger partial charge in [0.25, 0.3) is 5.88 Å². The predicted molar refractivity (Wildman–Crippen MR) is 108 cm³/mol. The highest BCUT2D eigenvalue weighted by atomic mass is 19.4. The standard InChI is InChI=1S/C20H17F3N6O4/c1-10(17(25)31)26-11-2-3-12-14(6-11)32-5-4-28-13(7-24)19(27-18(12)28)29-15(20(21,22)23)9-33-16(29)8-30/h2-3,6,10,15,26H,4-5,9H2,1H3,(H2,25,31)/t10-,15-/m0/s1. The summed E-state index contributed by atoms with van der Waals surface area (Å²) < 4.78 is 52.8. The number of anilines is 2. The van der Waals surface area contributed by atoms with E-state index in [1.165, 1.54) is 10.5 Å². The molecule has 1 amide bonds. The van der Waals surface area contributed by atoms with Crippen LogP contribution in [0.1, 0.15) is 12.6 Å². The van der Waals surface area contributed by atoms with Crippen molar-refractivity contribution in [3.63, 3.8) is 0 Å². The number of amides is 1. The maximum absolute atomic E-state index is 13.6. The topological polar surface area (TPSA) is 136 Å². The number of halogens is 3. The van der Waals surface area contributed by atoms with E-state index in [1.54, 1.807) is 25.1 Å². The summed E-state index contributed by atoms with van der Waals surface area (Å²) in [7, 11) is 0. The average Bonchev–Trinajstić information content (AvgIpc) is 3.30. The van der Waals surface area contributed by atoms with Crippen molar-refractivity contribution in [1.29, 1.82) is 5.26 Å². The number of fused-ring (bicyclic) bond motifs is 3. The van der Waals surface area contributed by atoms with E-state index in [1.807, 2.05) is 6.07 Å². The molecule has 33 heavy (non-hydrogen) atoms. The zero-order chi connectivity index (χ0) is 23.9. The zero-order valence-electron chi connectivity index (χ0n) is 17.1. The summed E-state index contributed by atoms with van der Waals surface area (Å²) in [6.07, 6.45) is -4.74. The molecule has 2 aliphatic heterocycles. The molecule has 1 aromatic carbocycles. The van der Waals surface area contributed by atoms with Gasteiger partial charge in [-0.25, -0.2) is 9.78 Å². The second kappa shape index (κ2) is 8.07.